The van der Waals surface area contributed by atoms with E-state index in [4.69, 9.17) is 29.6 Å². The number of hydrazone groups is 1. The Kier molecular flexibility index (Phi) is 6.38. The molecule has 26 heavy (non-hydrogen) atoms. The van der Waals surface area contributed by atoms with Gasteiger partial charge in [-0.05, 0) is 42.0 Å². The molecule has 0 bridgehead atoms. The number of piperazine rings is 1. The van der Waals surface area contributed by atoms with Crippen molar-refractivity contribution in [2.24, 2.45) is 10.8 Å². The van der Waals surface area contributed by atoms with E-state index < -0.39 is 0 Å². The molecule has 0 radical (unpaired) electrons. The van der Waals surface area contributed by atoms with Crippen LogP contribution in [0.25, 0.3) is 0 Å². The molecule has 136 valence electrons. The van der Waals surface area contributed by atoms with Gasteiger partial charge in [-0.15, -0.1) is 0 Å². The quantitative estimate of drug-likeness (QED) is 0.465. The minimum Gasteiger partial charge on any atom is -0.375 e. The van der Waals surface area contributed by atoms with Crippen LogP contribution in [0.3, 0.4) is 0 Å². The van der Waals surface area contributed by atoms with Crippen molar-refractivity contribution in [2.75, 3.05) is 31.1 Å². The lowest BCUT2D eigenvalue weighted by Gasteiger charge is -2.36. The van der Waals surface area contributed by atoms with Crippen molar-refractivity contribution in [3.8, 4) is 0 Å². The number of nitrogens with two attached hydrogens (primary N) is 1. The van der Waals surface area contributed by atoms with E-state index in [0.717, 1.165) is 44.0 Å². The minimum atomic E-state index is 0.123. The second-order valence-corrected chi connectivity index (χ2v) is 6.91. The van der Waals surface area contributed by atoms with E-state index in [1.807, 2.05) is 24.4 Å². The largest absolute Gasteiger partial charge is 0.375 e. The zero-order chi connectivity index (χ0) is 18.4. The second-order valence-electron chi connectivity index (χ2n) is 6.06. The Morgan fingerprint density at radius 3 is 2.77 bits per heavy atom. The van der Waals surface area contributed by atoms with Gasteiger partial charge in [0, 0.05) is 56.4 Å². The molecule has 0 saturated carbocycles. The summed E-state index contributed by atoms with van der Waals surface area (Å²) in [7, 11) is 0. The number of anilines is 1. The highest BCUT2D eigenvalue weighted by Gasteiger charge is 2.18. The Hall–Kier alpha value is -2.22. The maximum Gasteiger partial charge on any atom is 0.184 e. The van der Waals surface area contributed by atoms with Crippen LogP contribution in [0.5, 0.6) is 0 Å². The molecule has 3 N–H and O–H groups in total. The monoisotopic (exact) mass is 388 g/mol. The van der Waals surface area contributed by atoms with E-state index in [9.17, 15) is 0 Å². The Bertz CT molecular complexity index is 775. The summed E-state index contributed by atoms with van der Waals surface area (Å²) in [6, 6.07) is 10.1. The van der Waals surface area contributed by atoms with Crippen LogP contribution in [0.1, 0.15) is 11.1 Å². The van der Waals surface area contributed by atoms with Crippen molar-refractivity contribution >= 4 is 40.8 Å². The summed E-state index contributed by atoms with van der Waals surface area (Å²) in [5.41, 5.74) is 11.0. The number of nitrogens with one attached hydrogen (secondary N) is 1. The molecule has 1 aliphatic rings. The van der Waals surface area contributed by atoms with Crippen LogP contribution < -0.4 is 16.1 Å². The number of benzene rings is 1. The summed E-state index contributed by atoms with van der Waals surface area (Å²) >= 11 is 11.1. The smallest absolute Gasteiger partial charge is 0.184 e. The van der Waals surface area contributed by atoms with Crippen molar-refractivity contribution in [3.63, 3.8) is 0 Å². The maximum atomic E-state index is 6.37. The average Bonchev–Trinajstić information content (AvgIpc) is 2.64. The van der Waals surface area contributed by atoms with Crippen LogP contribution in [-0.2, 0) is 6.54 Å². The molecule has 1 aromatic carbocycles. The third kappa shape index (κ3) is 5.14. The third-order valence-corrected chi connectivity index (χ3v) is 4.65. The molecule has 0 aliphatic carbocycles. The van der Waals surface area contributed by atoms with Gasteiger partial charge in [0.05, 0.1) is 11.2 Å². The highest BCUT2D eigenvalue weighted by atomic mass is 35.5. The number of hydrogen-bond donors (Lipinski definition) is 2. The first-order valence-electron chi connectivity index (χ1n) is 8.36. The summed E-state index contributed by atoms with van der Waals surface area (Å²) in [6.45, 7) is 4.88. The van der Waals surface area contributed by atoms with Gasteiger partial charge >= 0.3 is 0 Å². The Morgan fingerprint density at radius 1 is 1.31 bits per heavy atom. The highest BCUT2D eigenvalue weighted by molar-refractivity contribution is 7.80. The van der Waals surface area contributed by atoms with E-state index in [2.05, 4.69) is 37.4 Å². The molecule has 0 amide bonds. The first-order chi connectivity index (χ1) is 12.6. The molecule has 3 rings (SSSR count). The van der Waals surface area contributed by atoms with E-state index in [1.54, 1.807) is 12.4 Å². The molecule has 0 unspecified atom stereocenters. The summed E-state index contributed by atoms with van der Waals surface area (Å²) in [4.78, 5) is 8.97. The van der Waals surface area contributed by atoms with Gasteiger partial charge in [-0.25, -0.2) is 0 Å². The van der Waals surface area contributed by atoms with Gasteiger partial charge in [0.1, 0.15) is 0 Å². The fourth-order valence-electron chi connectivity index (χ4n) is 2.90. The van der Waals surface area contributed by atoms with Gasteiger partial charge in [0.15, 0.2) is 5.11 Å². The number of rotatable bonds is 5. The molecule has 2 heterocycles. The Balaban J connectivity index is 1.56. The van der Waals surface area contributed by atoms with Gasteiger partial charge in [0.25, 0.3) is 0 Å². The Labute approximate surface area is 163 Å². The van der Waals surface area contributed by atoms with Crippen LogP contribution in [0, 0.1) is 0 Å². The lowest BCUT2D eigenvalue weighted by molar-refractivity contribution is 0.249. The van der Waals surface area contributed by atoms with Crippen LogP contribution in [-0.4, -0.2) is 47.4 Å². The minimum absolute atomic E-state index is 0.123. The van der Waals surface area contributed by atoms with E-state index in [-0.39, 0.29) is 5.11 Å². The maximum absolute atomic E-state index is 6.37. The molecule has 1 saturated heterocycles. The average molecular weight is 389 g/mol. The summed E-state index contributed by atoms with van der Waals surface area (Å²) in [6.07, 6.45) is 5.34. The van der Waals surface area contributed by atoms with Gasteiger partial charge in [-0.2, -0.15) is 5.10 Å². The number of halogens is 1. The zero-order valence-electron chi connectivity index (χ0n) is 14.3. The lowest BCUT2D eigenvalue weighted by Crippen LogP contribution is -2.46. The van der Waals surface area contributed by atoms with Gasteiger partial charge in [-0.3, -0.25) is 15.3 Å². The number of hydrogen-bond acceptors (Lipinski definition) is 5. The lowest BCUT2D eigenvalue weighted by atomic mass is 10.2. The third-order valence-electron chi connectivity index (χ3n) is 4.23. The van der Waals surface area contributed by atoms with Crippen LogP contribution in [0.15, 0.2) is 47.8 Å². The molecule has 6 nitrogen and oxygen atoms in total. The number of aromatic nitrogens is 1. The summed E-state index contributed by atoms with van der Waals surface area (Å²) in [5.74, 6) is 0. The summed E-state index contributed by atoms with van der Waals surface area (Å²) in [5, 5.41) is 4.71. The van der Waals surface area contributed by atoms with Gasteiger partial charge in [0.2, 0.25) is 0 Å². The molecule has 0 atom stereocenters. The van der Waals surface area contributed by atoms with Crippen LogP contribution in [0.2, 0.25) is 5.02 Å². The van der Waals surface area contributed by atoms with Crippen molar-refractivity contribution in [1.29, 1.82) is 0 Å². The highest BCUT2D eigenvalue weighted by Crippen LogP contribution is 2.24. The molecule has 1 fully saturated rings. The second kappa shape index (κ2) is 8.93. The molecule has 1 aromatic heterocycles. The first-order valence-corrected chi connectivity index (χ1v) is 9.15. The molecule has 2 aromatic rings. The fourth-order valence-corrected chi connectivity index (χ4v) is 3.17. The van der Waals surface area contributed by atoms with Crippen LogP contribution in [0.4, 0.5) is 5.69 Å². The fraction of sp³-hybridized carbons (Fsp3) is 0.278. The predicted molar refractivity (Wildman–Crippen MR) is 111 cm³/mol. The normalized spacial score (nSPS) is 15.3. The van der Waals surface area contributed by atoms with Crippen molar-refractivity contribution in [1.82, 2.24) is 15.3 Å². The van der Waals surface area contributed by atoms with E-state index in [1.165, 1.54) is 5.56 Å². The molecule has 0 spiro atoms. The number of pyridine rings is 1. The molecule has 1 aliphatic heterocycles. The zero-order valence-corrected chi connectivity index (χ0v) is 15.9. The molecular weight excluding hydrogens is 368 g/mol. The molecular formula is C18H21ClN6S. The number of thiocarbonyl (C=S) groups is 1. The number of nitrogens with zero attached hydrogens (tertiary/aromatic N) is 4. The van der Waals surface area contributed by atoms with Crippen LogP contribution >= 0.6 is 23.8 Å². The molecule has 8 heteroatoms. The van der Waals surface area contributed by atoms with Gasteiger partial charge < -0.3 is 10.6 Å². The Morgan fingerprint density at radius 2 is 2.12 bits per heavy atom. The van der Waals surface area contributed by atoms with Gasteiger partial charge in [-0.1, -0.05) is 17.7 Å². The summed E-state index contributed by atoms with van der Waals surface area (Å²) < 4.78 is 0. The topological polar surface area (TPSA) is 69.8 Å². The van der Waals surface area contributed by atoms with E-state index in [0.29, 0.717) is 5.02 Å². The van der Waals surface area contributed by atoms with Crippen molar-refractivity contribution in [3.05, 3.63) is 58.9 Å². The van der Waals surface area contributed by atoms with Crippen molar-refractivity contribution in [2.45, 2.75) is 6.54 Å². The standard InChI is InChI=1S/C18H21ClN6S/c19-17-10-16(4-3-15(17)12-22-23-18(20)26)25-8-6-24(7-9-25)13-14-2-1-5-21-11-14/h1-5,10-12H,6-9,13H2,(H3,20,23,26). The van der Waals surface area contributed by atoms with Crippen molar-refractivity contribution < 1.29 is 0 Å². The SMILES string of the molecule is NC(=S)NN=Cc1ccc(N2CCN(Cc3cccnc3)CC2)cc1Cl. The van der Waals surface area contributed by atoms with E-state index >= 15 is 0 Å². The predicted octanol–water partition coefficient (Wildman–Crippen LogP) is 2.22. The first kappa shape index (κ1) is 18.6.